The molecular weight excluding hydrogens is 406 g/mol. The molecule has 3 aromatic rings. The number of hydrogen-bond acceptors (Lipinski definition) is 0. The molecule has 0 saturated heterocycles. The molecule has 0 aliphatic heterocycles. The molecule has 0 N–H and O–H groups in total. The second kappa shape index (κ2) is 12.7. The monoisotopic (exact) mass is 426 g/mol. The third-order valence-electron chi connectivity index (χ3n) is 4.07. The molecule has 130 valence electrons. The topological polar surface area (TPSA) is 0 Å². The first-order valence-corrected chi connectivity index (χ1v) is 7.62. The number of hydrogen-bond donors (Lipinski definition) is 0. The zero-order valence-electron chi connectivity index (χ0n) is 14.3. The zero-order valence-corrected chi connectivity index (χ0v) is 18.1. The van der Waals surface area contributed by atoms with Crippen LogP contribution < -0.4 is 37.2 Å². The summed E-state index contributed by atoms with van der Waals surface area (Å²) in [6, 6.07) is 28.4. The standard InChI is InChI=1S/C21H21.3ClH.Ti/c1-16(2)19-13-14-20(15-19)21(17-9-5-3-6-10-17)18-11-7-4-8-12-18;;;;/h3-16,21H,1-2H3;3*1H;/q-1;;;;+4/p-3. The summed E-state index contributed by atoms with van der Waals surface area (Å²) >= 11 is 0. The van der Waals surface area contributed by atoms with Crippen LogP contribution in [0.2, 0.25) is 0 Å². The summed E-state index contributed by atoms with van der Waals surface area (Å²) in [7, 11) is 0. The Balaban J connectivity index is 0. The summed E-state index contributed by atoms with van der Waals surface area (Å²) in [5.41, 5.74) is 5.51. The van der Waals surface area contributed by atoms with Crippen LogP contribution >= 0.6 is 0 Å². The van der Waals surface area contributed by atoms with E-state index in [2.05, 4.69) is 92.7 Å². The van der Waals surface area contributed by atoms with Crippen LogP contribution in [0.5, 0.6) is 0 Å². The molecular formula is C21H21Cl3Ti. The Morgan fingerprint density at radius 2 is 1.08 bits per heavy atom. The van der Waals surface area contributed by atoms with Gasteiger partial charge in [0.05, 0.1) is 0 Å². The Hall–Kier alpha value is -0.626. The molecule has 0 spiro atoms. The fourth-order valence-electron chi connectivity index (χ4n) is 2.89. The van der Waals surface area contributed by atoms with Crippen LogP contribution in [-0.2, 0) is 21.7 Å². The van der Waals surface area contributed by atoms with Crippen LogP contribution in [0.4, 0.5) is 0 Å². The Kier molecular flexibility index (Phi) is 13.5. The molecule has 0 aliphatic carbocycles. The summed E-state index contributed by atoms with van der Waals surface area (Å²) in [4.78, 5) is 0. The molecule has 0 unspecified atom stereocenters. The van der Waals surface area contributed by atoms with E-state index in [0.29, 0.717) is 11.8 Å². The molecule has 0 heterocycles. The Morgan fingerprint density at radius 3 is 1.44 bits per heavy atom. The third kappa shape index (κ3) is 6.55. The van der Waals surface area contributed by atoms with E-state index in [4.69, 9.17) is 0 Å². The molecule has 0 aliphatic rings. The van der Waals surface area contributed by atoms with E-state index >= 15 is 0 Å². The van der Waals surface area contributed by atoms with E-state index in [1.54, 1.807) is 0 Å². The van der Waals surface area contributed by atoms with Crippen molar-refractivity contribution < 1.29 is 58.9 Å². The molecule has 0 amide bonds. The van der Waals surface area contributed by atoms with Crippen molar-refractivity contribution in [1.29, 1.82) is 0 Å². The van der Waals surface area contributed by atoms with Gasteiger partial charge in [-0.05, 0) is 17.0 Å². The summed E-state index contributed by atoms with van der Waals surface area (Å²) in [6.45, 7) is 4.50. The van der Waals surface area contributed by atoms with Crippen molar-refractivity contribution in [1.82, 2.24) is 0 Å². The van der Waals surface area contributed by atoms with Gasteiger partial charge < -0.3 is 37.2 Å². The molecule has 3 aromatic carbocycles. The summed E-state index contributed by atoms with van der Waals surface area (Å²) in [5.74, 6) is 0.894. The van der Waals surface area contributed by atoms with Gasteiger partial charge in [-0.25, -0.2) is 6.07 Å². The van der Waals surface area contributed by atoms with E-state index in [1.165, 1.54) is 22.3 Å². The average molecular weight is 428 g/mol. The average Bonchev–Trinajstić information content (AvgIpc) is 3.00. The van der Waals surface area contributed by atoms with Gasteiger partial charge in [-0.3, -0.25) is 0 Å². The number of halogens is 3. The summed E-state index contributed by atoms with van der Waals surface area (Å²) in [5, 5.41) is 0. The number of rotatable bonds is 4. The van der Waals surface area contributed by atoms with Crippen molar-refractivity contribution in [3.05, 3.63) is 101 Å². The second-order valence-corrected chi connectivity index (χ2v) is 5.89. The quantitative estimate of drug-likeness (QED) is 0.303. The van der Waals surface area contributed by atoms with Gasteiger partial charge in [-0.1, -0.05) is 80.4 Å². The summed E-state index contributed by atoms with van der Waals surface area (Å²) < 4.78 is 0. The van der Waals surface area contributed by atoms with Gasteiger partial charge in [0.15, 0.2) is 0 Å². The van der Waals surface area contributed by atoms with Crippen molar-refractivity contribution >= 4 is 0 Å². The molecule has 0 nitrogen and oxygen atoms in total. The Morgan fingerprint density at radius 1 is 0.640 bits per heavy atom. The molecule has 3 rings (SSSR count). The first kappa shape index (κ1) is 26.6. The van der Waals surface area contributed by atoms with Crippen molar-refractivity contribution in [2.45, 2.75) is 25.7 Å². The van der Waals surface area contributed by atoms with Crippen LogP contribution in [-0.4, -0.2) is 0 Å². The SMILES string of the molecule is CC(C)c1cc[c-](C(c2ccccc2)c2ccccc2)c1.[Cl-].[Cl-].[Cl-].[Ti+4]. The minimum atomic E-state index is 0. The van der Waals surface area contributed by atoms with Gasteiger partial charge in [-0.2, -0.15) is 17.7 Å². The fourth-order valence-corrected chi connectivity index (χ4v) is 2.89. The van der Waals surface area contributed by atoms with Gasteiger partial charge in [0, 0.05) is 0 Å². The molecule has 0 bridgehead atoms. The van der Waals surface area contributed by atoms with E-state index < -0.39 is 0 Å². The van der Waals surface area contributed by atoms with Crippen LogP contribution in [0.25, 0.3) is 0 Å². The third-order valence-corrected chi connectivity index (χ3v) is 4.07. The van der Waals surface area contributed by atoms with Gasteiger partial charge in [0.1, 0.15) is 0 Å². The maximum absolute atomic E-state index is 2.36. The first-order chi connectivity index (χ1) is 10.3. The van der Waals surface area contributed by atoms with Gasteiger partial charge in [0.25, 0.3) is 0 Å². The fraction of sp³-hybridized carbons (Fsp3) is 0.190. The van der Waals surface area contributed by atoms with E-state index in [0.717, 1.165) is 0 Å². The Bertz CT molecular complexity index is 654. The smallest absolute Gasteiger partial charge is 1.00 e. The van der Waals surface area contributed by atoms with Crippen molar-refractivity contribution in [2.75, 3.05) is 0 Å². The van der Waals surface area contributed by atoms with Crippen LogP contribution in [0.1, 0.15) is 47.9 Å². The molecule has 0 aromatic heterocycles. The predicted octanol–water partition coefficient (Wildman–Crippen LogP) is -3.28. The van der Waals surface area contributed by atoms with Crippen molar-refractivity contribution in [3.63, 3.8) is 0 Å². The molecule has 0 radical (unpaired) electrons. The Labute approximate surface area is 184 Å². The minimum absolute atomic E-state index is 0. The maximum atomic E-state index is 2.36. The van der Waals surface area contributed by atoms with Crippen molar-refractivity contribution in [3.8, 4) is 0 Å². The second-order valence-electron chi connectivity index (χ2n) is 5.89. The van der Waals surface area contributed by atoms with Gasteiger partial charge >= 0.3 is 21.7 Å². The largest absolute Gasteiger partial charge is 4.00 e. The normalized spacial score (nSPS) is 9.44. The first-order valence-electron chi connectivity index (χ1n) is 7.62. The van der Waals surface area contributed by atoms with E-state index in [9.17, 15) is 0 Å². The van der Waals surface area contributed by atoms with Crippen LogP contribution in [0, 0.1) is 0 Å². The molecule has 0 saturated carbocycles. The summed E-state index contributed by atoms with van der Waals surface area (Å²) in [6.07, 6.45) is 0. The molecule has 25 heavy (non-hydrogen) atoms. The van der Waals surface area contributed by atoms with E-state index in [1.807, 2.05) is 0 Å². The van der Waals surface area contributed by atoms with Gasteiger partial charge in [0.2, 0.25) is 0 Å². The molecule has 4 heteroatoms. The van der Waals surface area contributed by atoms with Crippen molar-refractivity contribution in [2.24, 2.45) is 0 Å². The minimum Gasteiger partial charge on any atom is -1.00 e. The maximum Gasteiger partial charge on any atom is 4.00 e. The number of benzene rings is 2. The zero-order chi connectivity index (χ0) is 14.7. The molecule has 0 atom stereocenters. The predicted molar refractivity (Wildman–Crippen MR) is 90.0 cm³/mol. The van der Waals surface area contributed by atoms with Gasteiger partial charge in [-0.15, -0.1) is 5.56 Å². The van der Waals surface area contributed by atoms with E-state index in [-0.39, 0.29) is 58.9 Å². The molecule has 0 fully saturated rings. The van der Waals surface area contributed by atoms with Crippen LogP contribution in [0.3, 0.4) is 0 Å². The van der Waals surface area contributed by atoms with Crippen LogP contribution in [0.15, 0.2) is 78.9 Å².